The van der Waals surface area contributed by atoms with Gasteiger partial charge >= 0.3 is 18.2 Å². The number of imidazole rings is 1. The minimum absolute atomic E-state index is 0.165. The van der Waals surface area contributed by atoms with Gasteiger partial charge in [0.15, 0.2) is 17.2 Å². The lowest BCUT2D eigenvalue weighted by atomic mass is 10.2. The molecule has 0 aliphatic heterocycles. The van der Waals surface area contributed by atoms with Gasteiger partial charge in [-0.05, 0) is 64.1 Å². The monoisotopic (exact) mass is 647 g/mol. The summed E-state index contributed by atoms with van der Waals surface area (Å²) in [6.07, 6.45) is -4.14. The number of ether oxygens (including phenoxy) is 2. The number of rotatable bonds is 5. The number of carbonyl (C=O) groups excluding carboxylic acids is 2. The van der Waals surface area contributed by atoms with Crippen molar-refractivity contribution in [3.63, 3.8) is 0 Å². The van der Waals surface area contributed by atoms with E-state index in [1.807, 2.05) is 0 Å². The molecule has 0 atom stereocenters. The molecule has 0 spiro atoms. The number of anilines is 1. The van der Waals surface area contributed by atoms with Gasteiger partial charge in [-0.3, -0.25) is 9.20 Å². The van der Waals surface area contributed by atoms with E-state index in [-0.39, 0.29) is 29.4 Å². The number of benzene rings is 2. The Labute approximate surface area is 257 Å². The molecule has 0 saturated heterocycles. The highest BCUT2D eigenvalue weighted by Crippen LogP contribution is 2.27. The van der Waals surface area contributed by atoms with Crippen LogP contribution < -0.4 is 10.1 Å². The number of fused-ring (bicyclic) bond motifs is 2. The Balaban J connectivity index is 0.000000617. The number of carboxylic acids is 1. The van der Waals surface area contributed by atoms with Crippen LogP contribution in [0.5, 0.6) is 5.75 Å². The lowest BCUT2D eigenvalue weighted by Gasteiger charge is -2.19. The Morgan fingerprint density at radius 1 is 0.957 bits per heavy atom. The zero-order chi connectivity index (χ0) is 34.0. The molecule has 3 aromatic heterocycles. The van der Waals surface area contributed by atoms with Gasteiger partial charge in [0.1, 0.15) is 29.5 Å². The van der Waals surface area contributed by atoms with Crippen molar-refractivity contribution in [3.8, 4) is 5.75 Å². The summed E-state index contributed by atoms with van der Waals surface area (Å²) in [4.78, 5) is 39.6. The average molecular weight is 648 g/mol. The maximum Gasteiger partial charge on any atom is 0.490 e. The molecule has 5 rings (SSSR count). The van der Waals surface area contributed by atoms with Gasteiger partial charge in [0.05, 0.1) is 16.8 Å². The highest BCUT2D eigenvalue weighted by Gasteiger charge is 2.38. The predicted octanol–water partition coefficient (Wildman–Crippen LogP) is 6.52. The van der Waals surface area contributed by atoms with Gasteiger partial charge in [-0.25, -0.2) is 23.4 Å². The molecule has 3 heterocycles. The summed E-state index contributed by atoms with van der Waals surface area (Å²) < 4.78 is 73.6. The van der Waals surface area contributed by atoms with Crippen molar-refractivity contribution in [2.24, 2.45) is 0 Å². The number of aryl methyl sites for hydroxylation is 1. The fraction of sp³-hybridized carbons (Fsp3) is 0.233. The number of pyridine rings is 1. The number of carboxylic acid groups (broad SMARTS) is 1. The van der Waals surface area contributed by atoms with Crippen LogP contribution >= 0.6 is 0 Å². The fourth-order valence-corrected chi connectivity index (χ4v) is 4.13. The number of hydrogen-bond donors (Lipinski definition) is 2. The fourth-order valence-electron chi connectivity index (χ4n) is 4.13. The Morgan fingerprint density at radius 2 is 1.59 bits per heavy atom. The first-order valence-corrected chi connectivity index (χ1v) is 13.3. The number of para-hydroxylation sites is 1. The second-order valence-electron chi connectivity index (χ2n) is 10.6. The molecule has 16 heteroatoms. The van der Waals surface area contributed by atoms with Crippen LogP contribution in [0.1, 0.15) is 42.5 Å². The molecule has 2 N–H and O–H groups in total. The van der Waals surface area contributed by atoms with E-state index in [1.165, 1.54) is 10.5 Å². The number of hydrogen-bond acceptors (Lipinski definition) is 7. The molecule has 0 fully saturated rings. The summed E-state index contributed by atoms with van der Waals surface area (Å²) in [6, 6.07) is 13.7. The van der Waals surface area contributed by atoms with Gasteiger partial charge in [-0.15, -0.1) is 5.10 Å². The summed E-state index contributed by atoms with van der Waals surface area (Å²) in [6.45, 7) is 6.53. The first kappa shape index (κ1) is 33.4. The van der Waals surface area contributed by atoms with Gasteiger partial charge in [0.2, 0.25) is 0 Å². The topological polar surface area (TPSA) is 137 Å². The van der Waals surface area contributed by atoms with Crippen molar-refractivity contribution in [3.05, 3.63) is 89.4 Å². The molecule has 11 nitrogen and oxygen atoms in total. The third-order valence-corrected chi connectivity index (χ3v) is 6.07. The van der Waals surface area contributed by atoms with E-state index in [1.54, 1.807) is 70.3 Å². The molecule has 0 aliphatic rings. The third-order valence-electron chi connectivity index (χ3n) is 6.07. The molecule has 1 amide bonds. The molecule has 5 aromatic rings. The van der Waals surface area contributed by atoms with Crippen LogP contribution in [-0.2, 0) is 16.1 Å². The minimum Gasteiger partial charge on any atom is -0.485 e. The molecule has 242 valence electrons. The Hall–Kier alpha value is -5.54. The van der Waals surface area contributed by atoms with Crippen LogP contribution in [0, 0.1) is 18.6 Å². The van der Waals surface area contributed by atoms with E-state index in [0.717, 1.165) is 16.8 Å². The maximum atomic E-state index is 14.1. The Bertz CT molecular complexity index is 1920. The van der Waals surface area contributed by atoms with E-state index >= 15 is 0 Å². The molecule has 0 saturated carbocycles. The zero-order valence-electron chi connectivity index (χ0n) is 24.6. The lowest BCUT2D eigenvalue weighted by Crippen LogP contribution is -2.27. The summed E-state index contributed by atoms with van der Waals surface area (Å²) in [7, 11) is 0. The molecule has 0 bridgehead atoms. The van der Waals surface area contributed by atoms with Crippen molar-refractivity contribution in [1.29, 1.82) is 0 Å². The summed E-state index contributed by atoms with van der Waals surface area (Å²) >= 11 is 0. The molecular formula is C30H26F5N5O6. The van der Waals surface area contributed by atoms with Crippen LogP contribution in [0.3, 0.4) is 0 Å². The van der Waals surface area contributed by atoms with Crippen molar-refractivity contribution in [2.75, 3.05) is 5.32 Å². The molecular weight excluding hydrogens is 621 g/mol. The van der Waals surface area contributed by atoms with E-state index in [9.17, 15) is 31.5 Å². The van der Waals surface area contributed by atoms with Crippen LogP contribution in [0.25, 0.3) is 16.6 Å². The predicted molar refractivity (Wildman–Crippen MR) is 154 cm³/mol. The van der Waals surface area contributed by atoms with Crippen molar-refractivity contribution < 1.29 is 50.9 Å². The number of amides is 1. The van der Waals surface area contributed by atoms with Crippen LogP contribution in [0.2, 0.25) is 0 Å². The standard InChI is InChI=1S/C28H25F2N5O4.C2HF3O2/c1-16-23(34-14-8-13-22(25(34)31-16)38-15-18-19(29)10-7-11-20(18)30)26(36)32-24-17-9-5-6-12-21(17)35(33-24)27(37)39-28(2,3)4;3-2(4,5)1(6)7/h5-14H,15H2,1-4H3,(H,32,33,36);(H,6,7). The van der Waals surface area contributed by atoms with E-state index in [4.69, 9.17) is 19.4 Å². The van der Waals surface area contributed by atoms with Gasteiger partial charge in [0.25, 0.3) is 5.91 Å². The number of aliphatic carboxylic acids is 1. The number of nitrogens with zero attached hydrogens (tertiary/aromatic N) is 4. The van der Waals surface area contributed by atoms with Crippen LogP contribution in [0.4, 0.5) is 32.6 Å². The van der Waals surface area contributed by atoms with Gasteiger partial charge < -0.3 is 19.9 Å². The number of carbonyl (C=O) groups is 3. The zero-order valence-corrected chi connectivity index (χ0v) is 24.6. The summed E-state index contributed by atoms with van der Waals surface area (Å²) in [5.74, 6) is -4.33. The molecule has 46 heavy (non-hydrogen) atoms. The van der Waals surface area contributed by atoms with Gasteiger partial charge in [-0.1, -0.05) is 18.2 Å². The second kappa shape index (κ2) is 12.8. The smallest absolute Gasteiger partial charge is 0.485 e. The SMILES string of the molecule is Cc1nc2c(OCc3c(F)cccc3F)cccn2c1C(=O)Nc1nn(C(=O)OC(C)(C)C)c2ccccc12.O=C(O)C(F)(F)F. The second-order valence-corrected chi connectivity index (χ2v) is 10.6. The van der Waals surface area contributed by atoms with Crippen molar-refractivity contribution in [2.45, 2.75) is 46.1 Å². The van der Waals surface area contributed by atoms with E-state index in [0.29, 0.717) is 22.2 Å². The maximum absolute atomic E-state index is 14.1. The number of halogens is 5. The highest BCUT2D eigenvalue weighted by atomic mass is 19.4. The minimum atomic E-state index is -5.08. The largest absolute Gasteiger partial charge is 0.490 e. The van der Waals surface area contributed by atoms with E-state index < -0.39 is 41.4 Å². The number of alkyl halides is 3. The van der Waals surface area contributed by atoms with Gasteiger partial charge in [-0.2, -0.15) is 17.9 Å². The molecule has 0 radical (unpaired) electrons. The molecule has 2 aromatic carbocycles. The highest BCUT2D eigenvalue weighted by molar-refractivity contribution is 6.09. The Morgan fingerprint density at radius 3 is 2.20 bits per heavy atom. The normalized spacial score (nSPS) is 11.6. The Kier molecular flexibility index (Phi) is 9.30. The number of aromatic nitrogens is 4. The van der Waals surface area contributed by atoms with Crippen molar-refractivity contribution >= 4 is 40.3 Å². The number of nitrogens with one attached hydrogen (secondary N) is 1. The van der Waals surface area contributed by atoms with Gasteiger partial charge in [0, 0.05) is 11.6 Å². The lowest BCUT2D eigenvalue weighted by molar-refractivity contribution is -0.192. The average Bonchev–Trinajstić information content (AvgIpc) is 3.49. The molecule has 0 aliphatic carbocycles. The van der Waals surface area contributed by atoms with Crippen LogP contribution in [0.15, 0.2) is 60.8 Å². The third kappa shape index (κ3) is 7.39. The first-order valence-electron chi connectivity index (χ1n) is 13.3. The van der Waals surface area contributed by atoms with E-state index in [2.05, 4.69) is 15.4 Å². The van der Waals surface area contributed by atoms with Crippen LogP contribution in [-0.4, -0.2) is 54.0 Å². The summed E-state index contributed by atoms with van der Waals surface area (Å²) in [5, 5.41) is 14.8. The summed E-state index contributed by atoms with van der Waals surface area (Å²) in [5.41, 5.74) is 0.390. The first-order chi connectivity index (χ1) is 21.5. The quantitative estimate of drug-likeness (QED) is 0.206. The van der Waals surface area contributed by atoms with Crippen molar-refractivity contribution in [1.82, 2.24) is 19.2 Å². The molecule has 0 unspecified atom stereocenters.